The highest BCUT2D eigenvalue weighted by Gasteiger charge is 2.35. The van der Waals surface area contributed by atoms with Crippen LogP contribution >= 0.6 is 12.0 Å². The Bertz CT molecular complexity index is 1970. The lowest BCUT2D eigenvalue weighted by molar-refractivity contribution is -0.147. The van der Waals surface area contributed by atoms with Gasteiger partial charge in [0, 0.05) is 56.7 Å². The maximum absolute atomic E-state index is 13.2. The first kappa shape index (κ1) is 37.4. The fourth-order valence-corrected chi connectivity index (χ4v) is 7.20. The molecular formula is C38H44N6O8S. The summed E-state index contributed by atoms with van der Waals surface area (Å²) in [5.41, 5.74) is 2.16. The Morgan fingerprint density at radius 1 is 0.830 bits per heavy atom. The van der Waals surface area contributed by atoms with Gasteiger partial charge in [-0.3, -0.25) is 14.2 Å². The van der Waals surface area contributed by atoms with Gasteiger partial charge < -0.3 is 28.2 Å². The topological polar surface area (TPSA) is 147 Å². The fourth-order valence-electron chi connectivity index (χ4n) is 6.58. The molecule has 6 rings (SSSR count). The second-order valence-electron chi connectivity index (χ2n) is 14.2. The molecule has 15 heteroatoms. The van der Waals surface area contributed by atoms with Crippen molar-refractivity contribution in [3.05, 3.63) is 83.4 Å². The highest BCUT2D eigenvalue weighted by atomic mass is 32.2. The van der Waals surface area contributed by atoms with Crippen LogP contribution in [0.25, 0.3) is 0 Å². The van der Waals surface area contributed by atoms with Crippen LogP contribution in [0.5, 0.6) is 17.2 Å². The number of likely N-dealkylation sites (tertiary alicyclic amines) is 2. The van der Waals surface area contributed by atoms with Crippen molar-refractivity contribution in [2.24, 2.45) is 25.9 Å². The molecule has 2 fully saturated rings. The third-order valence-corrected chi connectivity index (χ3v) is 10.1. The van der Waals surface area contributed by atoms with Crippen molar-refractivity contribution in [1.82, 2.24) is 29.4 Å². The van der Waals surface area contributed by atoms with Crippen molar-refractivity contribution < 1.29 is 37.6 Å². The molecule has 0 aliphatic carbocycles. The minimum atomic E-state index is -1.28. The summed E-state index contributed by atoms with van der Waals surface area (Å²) in [6.45, 7) is 9.17. The van der Waals surface area contributed by atoms with E-state index in [1.165, 1.54) is 17.3 Å². The predicted molar refractivity (Wildman–Crippen MR) is 195 cm³/mol. The third kappa shape index (κ3) is 9.20. The molecule has 0 spiro atoms. The van der Waals surface area contributed by atoms with Gasteiger partial charge in [0.25, 0.3) is 0 Å². The molecule has 2 aromatic carbocycles. The largest absolute Gasteiger partial charge is 0.476 e. The Morgan fingerprint density at radius 2 is 1.40 bits per heavy atom. The van der Waals surface area contributed by atoms with E-state index in [4.69, 9.17) is 18.4 Å². The average Bonchev–Trinajstić information content (AvgIpc) is 3.94. The zero-order valence-electron chi connectivity index (χ0n) is 30.7. The van der Waals surface area contributed by atoms with Gasteiger partial charge in [0.1, 0.15) is 5.75 Å². The Labute approximate surface area is 312 Å². The SMILES string of the molecule is Cc1cc(CC2CCN(C(=O)Oc3cnn(C)c3)C2)cc(C)c1OC(C)(C)C(=O)OSc1ccc(C(=O)C2CCN(C(=O)Oc3cnn(C)c3)C2)cc1. The number of aryl methyl sites for hydroxylation is 4. The molecule has 4 aromatic rings. The van der Waals surface area contributed by atoms with Gasteiger partial charge in [-0.15, -0.1) is 0 Å². The van der Waals surface area contributed by atoms with E-state index in [1.807, 2.05) is 13.8 Å². The first-order valence-electron chi connectivity index (χ1n) is 17.5. The second-order valence-corrected chi connectivity index (χ2v) is 15.0. The van der Waals surface area contributed by atoms with E-state index < -0.39 is 17.7 Å². The molecule has 2 amide bonds. The van der Waals surface area contributed by atoms with E-state index in [9.17, 15) is 19.2 Å². The Morgan fingerprint density at radius 3 is 1.96 bits per heavy atom. The van der Waals surface area contributed by atoms with Crippen LogP contribution in [0.4, 0.5) is 9.59 Å². The first-order chi connectivity index (χ1) is 25.2. The number of hydrogen-bond donors (Lipinski definition) is 0. The van der Waals surface area contributed by atoms with Crippen LogP contribution in [-0.2, 0) is 29.5 Å². The lowest BCUT2D eigenvalue weighted by Crippen LogP contribution is -2.39. The van der Waals surface area contributed by atoms with Crippen molar-refractivity contribution in [1.29, 1.82) is 0 Å². The van der Waals surface area contributed by atoms with E-state index in [2.05, 4.69) is 22.3 Å². The number of carbonyl (C=O) groups is 4. The molecule has 0 N–H and O–H groups in total. The lowest BCUT2D eigenvalue weighted by atomic mass is 9.95. The minimum Gasteiger partial charge on any atom is -0.476 e. The van der Waals surface area contributed by atoms with Crippen LogP contribution in [0.2, 0.25) is 0 Å². The van der Waals surface area contributed by atoms with Gasteiger partial charge >= 0.3 is 18.2 Å². The number of nitrogens with zero attached hydrogens (tertiary/aromatic N) is 6. The molecule has 2 aromatic heterocycles. The number of ketones is 1. The zero-order chi connectivity index (χ0) is 37.9. The van der Waals surface area contributed by atoms with Crippen molar-refractivity contribution in [3.63, 3.8) is 0 Å². The molecule has 14 nitrogen and oxygen atoms in total. The Hall–Kier alpha value is -5.31. The van der Waals surface area contributed by atoms with Gasteiger partial charge in [0.15, 0.2) is 17.3 Å². The van der Waals surface area contributed by atoms with Gasteiger partial charge in [-0.05, 0) is 81.7 Å². The highest BCUT2D eigenvalue weighted by molar-refractivity contribution is 7.95. The third-order valence-electron chi connectivity index (χ3n) is 9.38. The summed E-state index contributed by atoms with van der Waals surface area (Å²) in [7, 11) is 3.50. The van der Waals surface area contributed by atoms with Gasteiger partial charge in [-0.1, -0.05) is 24.3 Å². The van der Waals surface area contributed by atoms with Crippen molar-refractivity contribution in [3.8, 4) is 17.2 Å². The van der Waals surface area contributed by atoms with E-state index in [0.29, 0.717) is 59.7 Å². The fraction of sp³-hybridized carbons (Fsp3) is 0.421. The maximum atomic E-state index is 13.2. The minimum absolute atomic E-state index is 0.0618. The normalized spacial score (nSPS) is 17.2. The number of ether oxygens (including phenoxy) is 3. The number of rotatable bonds is 11. The molecule has 2 unspecified atom stereocenters. The summed E-state index contributed by atoms with van der Waals surface area (Å²) in [4.78, 5) is 55.4. The number of amides is 2. The monoisotopic (exact) mass is 744 g/mol. The standard InChI is InChI=1S/C38H44N6O8S/c1-24-15-27(17-26-11-13-43(20-26)36(47)49-30-18-39-41(5)22-30)16-25(2)34(24)51-38(3,4)35(46)52-53-32-9-7-28(8-10-32)33(45)29-12-14-44(21-29)37(48)50-31-19-40-42(6)23-31/h7-10,15-16,18-19,22-23,26,29H,11-14,17,20-21H2,1-6H3. The maximum Gasteiger partial charge on any atom is 0.415 e. The van der Waals surface area contributed by atoms with Gasteiger partial charge in [0.2, 0.25) is 5.60 Å². The summed E-state index contributed by atoms with van der Waals surface area (Å²) in [6.07, 6.45) is 7.57. The Balaban J connectivity index is 0.965. The summed E-state index contributed by atoms with van der Waals surface area (Å²) in [5, 5.41) is 8.03. The zero-order valence-corrected chi connectivity index (χ0v) is 31.6. The molecule has 280 valence electrons. The summed E-state index contributed by atoms with van der Waals surface area (Å²) >= 11 is 0.899. The average molecular weight is 745 g/mol. The number of hydrogen-bond acceptors (Lipinski definition) is 11. The number of Topliss-reactive ketones (excluding diaryl/α,β-unsaturated/α-hetero) is 1. The Kier molecular flexibility index (Phi) is 11.1. The summed E-state index contributed by atoms with van der Waals surface area (Å²) < 4.78 is 25.8. The van der Waals surface area contributed by atoms with Crippen LogP contribution in [0.3, 0.4) is 0 Å². The lowest BCUT2D eigenvalue weighted by Gasteiger charge is -2.26. The number of aromatic nitrogens is 4. The van der Waals surface area contributed by atoms with Crippen LogP contribution in [-0.4, -0.2) is 85.1 Å². The quantitative estimate of drug-likeness (QED) is 0.133. The molecule has 0 radical (unpaired) electrons. The van der Waals surface area contributed by atoms with Crippen molar-refractivity contribution in [2.75, 3.05) is 26.2 Å². The highest BCUT2D eigenvalue weighted by Crippen LogP contribution is 2.33. The van der Waals surface area contributed by atoms with Crippen LogP contribution in [0, 0.1) is 25.7 Å². The van der Waals surface area contributed by atoms with Crippen molar-refractivity contribution >= 4 is 36.0 Å². The van der Waals surface area contributed by atoms with Gasteiger partial charge in [0.05, 0.1) is 36.8 Å². The molecule has 4 heterocycles. The number of carbonyl (C=O) groups excluding carboxylic acids is 4. The molecular weight excluding hydrogens is 701 g/mol. The molecule has 0 saturated carbocycles. The van der Waals surface area contributed by atoms with Crippen LogP contribution < -0.4 is 14.2 Å². The molecule has 2 saturated heterocycles. The molecule has 2 aliphatic rings. The second kappa shape index (κ2) is 15.7. The van der Waals surface area contributed by atoms with Crippen LogP contribution in [0.1, 0.15) is 53.7 Å². The number of benzene rings is 2. The van der Waals surface area contributed by atoms with Crippen molar-refractivity contribution in [2.45, 2.75) is 57.5 Å². The molecule has 2 atom stereocenters. The van der Waals surface area contributed by atoms with Crippen LogP contribution in [0.15, 0.2) is 66.1 Å². The van der Waals surface area contributed by atoms with E-state index in [0.717, 1.165) is 41.6 Å². The molecule has 53 heavy (non-hydrogen) atoms. The first-order valence-corrected chi connectivity index (χ1v) is 18.2. The predicted octanol–water partition coefficient (Wildman–Crippen LogP) is 5.95. The smallest absolute Gasteiger partial charge is 0.415 e. The van der Waals surface area contributed by atoms with E-state index in [1.54, 1.807) is 78.9 Å². The van der Waals surface area contributed by atoms with E-state index in [-0.39, 0.29) is 24.3 Å². The summed E-state index contributed by atoms with van der Waals surface area (Å²) in [6, 6.07) is 11.0. The molecule has 2 aliphatic heterocycles. The van der Waals surface area contributed by atoms with Gasteiger partial charge in [-0.25, -0.2) is 14.4 Å². The summed E-state index contributed by atoms with van der Waals surface area (Å²) in [5.74, 6) is 0.727. The van der Waals surface area contributed by atoms with Gasteiger partial charge in [-0.2, -0.15) is 10.2 Å². The molecule has 0 bridgehead atoms. The van der Waals surface area contributed by atoms with E-state index >= 15 is 0 Å².